The number of hydrogen-bond donors (Lipinski definition) is 1. The quantitative estimate of drug-likeness (QED) is 0.436. The fourth-order valence-corrected chi connectivity index (χ4v) is 4.27. The lowest BCUT2D eigenvalue weighted by Gasteiger charge is -2.08. The molecule has 0 amide bonds. The fourth-order valence-electron chi connectivity index (χ4n) is 2.85. The lowest BCUT2D eigenvalue weighted by molar-refractivity contribution is 0.355. The Morgan fingerprint density at radius 3 is 2.38 bits per heavy atom. The average molecular weight is 425 g/mol. The molecule has 0 unspecified atom stereocenters. The first-order valence-corrected chi connectivity index (χ1v) is 10.7. The van der Waals surface area contributed by atoms with Gasteiger partial charge >= 0.3 is 0 Å². The van der Waals surface area contributed by atoms with Crippen molar-refractivity contribution in [1.29, 1.82) is 0 Å². The summed E-state index contributed by atoms with van der Waals surface area (Å²) >= 11 is 3.18. The van der Waals surface area contributed by atoms with Crippen LogP contribution in [0, 0.1) is 6.92 Å². The molecule has 0 atom stereocenters. The topological polar surface area (TPSA) is 69.2 Å². The van der Waals surface area contributed by atoms with Crippen molar-refractivity contribution in [2.75, 3.05) is 19.5 Å². The number of methoxy groups -OCH3 is 2. The van der Waals surface area contributed by atoms with Gasteiger partial charge in [-0.2, -0.15) is 0 Å². The highest BCUT2D eigenvalue weighted by Gasteiger charge is 2.10. The number of ether oxygens (including phenoxy) is 2. The van der Waals surface area contributed by atoms with Gasteiger partial charge in [-0.15, -0.1) is 21.5 Å². The van der Waals surface area contributed by atoms with Gasteiger partial charge < -0.3 is 14.8 Å². The molecule has 6 nitrogen and oxygen atoms in total. The van der Waals surface area contributed by atoms with Gasteiger partial charge in [-0.25, -0.2) is 4.98 Å². The van der Waals surface area contributed by atoms with E-state index in [1.807, 2.05) is 25.1 Å². The number of rotatable bonds is 7. The van der Waals surface area contributed by atoms with E-state index in [-0.39, 0.29) is 0 Å². The SMILES string of the molecule is COc1ccc(-c2csc(-c3ccc(CNc4nnc(C)s4)cc3)n2)cc1OC. The number of nitrogens with zero attached hydrogens (tertiary/aromatic N) is 3. The second-order valence-corrected chi connectivity index (χ2v) is 8.32. The van der Waals surface area contributed by atoms with Crippen molar-refractivity contribution in [3.8, 4) is 33.3 Å². The zero-order valence-corrected chi connectivity index (χ0v) is 17.9. The lowest BCUT2D eigenvalue weighted by Crippen LogP contribution is -1.98. The summed E-state index contributed by atoms with van der Waals surface area (Å²) in [6.07, 6.45) is 0. The molecule has 0 aliphatic carbocycles. The van der Waals surface area contributed by atoms with Gasteiger partial charge in [0, 0.05) is 23.1 Å². The highest BCUT2D eigenvalue weighted by molar-refractivity contribution is 7.15. The van der Waals surface area contributed by atoms with Crippen LogP contribution in [0.5, 0.6) is 11.5 Å². The van der Waals surface area contributed by atoms with Crippen molar-refractivity contribution in [2.45, 2.75) is 13.5 Å². The van der Waals surface area contributed by atoms with E-state index in [1.54, 1.807) is 36.9 Å². The summed E-state index contributed by atoms with van der Waals surface area (Å²) in [4.78, 5) is 4.80. The van der Waals surface area contributed by atoms with Gasteiger partial charge in [-0.3, -0.25) is 0 Å². The van der Waals surface area contributed by atoms with Gasteiger partial charge in [-0.1, -0.05) is 35.6 Å². The van der Waals surface area contributed by atoms with Crippen molar-refractivity contribution in [2.24, 2.45) is 0 Å². The Morgan fingerprint density at radius 1 is 0.931 bits per heavy atom. The van der Waals surface area contributed by atoms with Crippen molar-refractivity contribution >= 4 is 27.8 Å². The summed E-state index contributed by atoms with van der Waals surface area (Å²) in [6.45, 7) is 2.66. The van der Waals surface area contributed by atoms with Gasteiger partial charge in [0.2, 0.25) is 5.13 Å². The van der Waals surface area contributed by atoms with E-state index in [9.17, 15) is 0 Å². The van der Waals surface area contributed by atoms with Crippen molar-refractivity contribution in [3.05, 3.63) is 58.4 Å². The van der Waals surface area contributed by atoms with Crippen LogP contribution < -0.4 is 14.8 Å². The van der Waals surface area contributed by atoms with E-state index in [2.05, 4.69) is 45.2 Å². The molecular weight excluding hydrogens is 404 g/mol. The molecule has 0 spiro atoms. The van der Waals surface area contributed by atoms with Crippen LogP contribution in [-0.2, 0) is 6.54 Å². The Morgan fingerprint density at radius 2 is 1.69 bits per heavy atom. The molecule has 1 N–H and O–H groups in total. The smallest absolute Gasteiger partial charge is 0.205 e. The number of nitrogens with one attached hydrogen (secondary N) is 1. The average Bonchev–Trinajstić information content (AvgIpc) is 3.41. The minimum absolute atomic E-state index is 0.696. The van der Waals surface area contributed by atoms with E-state index in [4.69, 9.17) is 14.5 Å². The summed E-state index contributed by atoms with van der Waals surface area (Å²) in [7, 11) is 3.27. The van der Waals surface area contributed by atoms with Crippen LogP contribution in [0.3, 0.4) is 0 Å². The first kappa shape index (κ1) is 19.4. The minimum Gasteiger partial charge on any atom is -0.493 e. The minimum atomic E-state index is 0.696. The molecule has 2 aromatic carbocycles. The summed E-state index contributed by atoms with van der Waals surface area (Å²) in [6, 6.07) is 14.2. The zero-order valence-electron chi connectivity index (χ0n) is 16.3. The van der Waals surface area contributed by atoms with Crippen LogP contribution in [0.2, 0.25) is 0 Å². The number of thiazole rings is 1. The zero-order chi connectivity index (χ0) is 20.2. The predicted octanol–water partition coefficient (Wildman–Crippen LogP) is 5.27. The van der Waals surface area contributed by atoms with E-state index in [1.165, 1.54) is 5.56 Å². The second kappa shape index (κ2) is 8.59. The van der Waals surface area contributed by atoms with Crippen LogP contribution in [-0.4, -0.2) is 29.4 Å². The molecule has 8 heteroatoms. The van der Waals surface area contributed by atoms with Crippen molar-refractivity contribution in [1.82, 2.24) is 15.2 Å². The summed E-state index contributed by atoms with van der Waals surface area (Å²) < 4.78 is 10.7. The van der Waals surface area contributed by atoms with Gasteiger partial charge in [0.05, 0.1) is 19.9 Å². The van der Waals surface area contributed by atoms with Crippen LogP contribution in [0.25, 0.3) is 21.8 Å². The summed E-state index contributed by atoms with van der Waals surface area (Å²) in [5.41, 5.74) is 4.19. The maximum absolute atomic E-state index is 5.40. The maximum atomic E-state index is 5.40. The molecule has 29 heavy (non-hydrogen) atoms. The van der Waals surface area contributed by atoms with E-state index >= 15 is 0 Å². The fraction of sp³-hybridized carbons (Fsp3) is 0.190. The molecule has 0 aliphatic heterocycles. The molecule has 148 valence electrons. The summed E-state index contributed by atoms with van der Waals surface area (Å²) in [5.74, 6) is 1.40. The lowest BCUT2D eigenvalue weighted by atomic mass is 10.1. The Bertz CT molecular complexity index is 1110. The molecular formula is C21H20N4O2S2. The monoisotopic (exact) mass is 424 g/mol. The molecule has 0 saturated heterocycles. The first-order valence-electron chi connectivity index (χ1n) is 8.97. The third-order valence-corrected chi connectivity index (χ3v) is 6.04. The first-order chi connectivity index (χ1) is 14.2. The molecule has 0 bridgehead atoms. The highest BCUT2D eigenvalue weighted by Crippen LogP contribution is 2.34. The van der Waals surface area contributed by atoms with E-state index < -0.39 is 0 Å². The molecule has 0 saturated carbocycles. The van der Waals surface area contributed by atoms with Crippen LogP contribution in [0.1, 0.15) is 10.6 Å². The number of hydrogen-bond acceptors (Lipinski definition) is 8. The molecule has 4 aromatic rings. The predicted molar refractivity (Wildman–Crippen MR) is 118 cm³/mol. The molecule has 2 aromatic heterocycles. The van der Waals surface area contributed by atoms with E-state index in [0.29, 0.717) is 18.0 Å². The standard InChI is InChI=1S/C21H20N4O2S2/c1-13-24-25-21(29-13)22-11-14-4-6-15(7-5-14)20-23-17(12-28-20)16-8-9-18(26-2)19(10-16)27-3/h4-10,12H,11H2,1-3H3,(H,22,25). The summed E-state index contributed by atoms with van der Waals surface area (Å²) in [5, 5.41) is 16.2. The second-order valence-electron chi connectivity index (χ2n) is 6.28. The van der Waals surface area contributed by atoms with Gasteiger partial charge in [0.25, 0.3) is 0 Å². The normalized spacial score (nSPS) is 10.7. The van der Waals surface area contributed by atoms with Gasteiger partial charge in [0.15, 0.2) is 11.5 Å². The molecule has 2 heterocycles. The molecule has 4 rings (SSSR count). The van der Waals surface area contributed by atoms with Crippen LogP contribution in [0.4, 0.5) is 5.13 Å². The van der Waals surface area contributed by atoms with Gasteiger partial charge in [0.1, 0.15) is 10.0 Å². The Hall–Kier alpha value is -2.97. The molecule has 0 radical (unpaired) electrons. The molecule has 0 aliphatic rings. The Kier molecular flexibility index (Phi) is 5.73. The number of aromatic nitrogens is 3. The molecule has 0 fully saturated rings. The van der Waals surface area contributed by atoms with Gasteiger partial charge in [-0.05, 0) is 30.7 Å². The largest absolute Gasteiger partial charge is 0.493 e. The van der Waals surface area contributed by atoms with Crippen molar-refractivity contribution < 1.29 is 9.47 Å². The van der Waals surface area contributed by atoms with Crippen molar-refractivity contribution in [3.63, 3.8) is 0 Å². The Labute approximate surface area is 177 Å². The number of aryl methyl sites for hydroxylation is 1. The highest BCUT2D eigenvalue weighted by atomic mass is 32.1. The third-order valence-electron chi connectivity index (χ3n) is 4.35. The van der Waals surface area contributed by atoms with Crippen LogP contribution in [0.15, 0.2) is 47.8 Å². The van der Waals surface area contributed by atoms with Crippen LogP contribution >= 0.6 is 22.7 Å². The van der Waals surface area contributed by atoms with E-state index in [0.717, 1.165) is 32.0 Å². The maximum Gasteiger partial charge on any atom is 0.205 e. The third kappa shape index (κ3) is 4.38. The number of anilines is 1. The Balaban J connectivity index is 1.48. The number of benzene rings is 2.